The SMILES string of the molecule is CNc1nc(Sc2ncns2)nc(N2CCCCC2)n1. The van der Waals surface area contributed by atoms with Crippen LogP contribution in [0.1, 0.15) is 19.3 Å². The van der Waals surface area contributed by atoms with E-state index in [0.717, 1.165) is 23.4 Å². The van der Waals surface area contributed by atoms with Gasteiger partial charge in [-0.2, -0.15) is 19.3 Å². The summed E-state index contributed by atoms with van der Waals surface area (Å²) in [7, 11) is 1.81. The van der Waals surface area contributed by atoms with Gasteiger partial charge in [0.15, 0.2) is 4.34 Å². The van der Waals surface area contributed by atoms with Gasteiger partial charge in [-0.05, 0) is 42.6 Å². The van der Waals surface area contributed by atoms with Crippen molar-refractivity contribution in [2.24, 2.45) is 0 Å². The van der Waals surface area contributed by atoms with Gasteiger partial charge in [-0.3, -0.25) is 0 Å². The fourth-order valence-corrected chi connectivity index (χ4v) is 3.32. The first-order valence-corrected chi connectivity index (χ1v) is 8.07. The molecule has 1 N–H and O–H groups in total. The molecule has 1 aliphatic heterocycles. The van der Waals surface area contributed by atoms with Crippen molar-refractivity contribution in [1.82, 2.24) is 24.3 Å². The predicted octanol–water partition coefficient (Wildman–Crippen LogP) is 1.91. The van der Waals surface area contributed by atoms with Gasteiger partial charge in [0.05, 0.1) is 0 Å². The molecule has 3 rings (SSSR count). The fraction of sp³-hybridized carbons (Fsp3) is 0.545. The van der Waals surface area contributed by atoms with Crippen LogP contribution >= 0.6 is 23.3 Å². The summed E-state index contributed by atoms with van der Waals surface area (Å²) >= 11 is 2.76. The van der Waals surface area contributed by atoms with Gasteiger partial charge < -0.3 is 10.2 Å². The predicted molar refractivity (Wildman–Crippen MR) is 79.5 cm³/mol. The summed E-state index contributed by atoms with van der Waals surface area (Å²) in [6, 6.07) is 0. The lowest BCUT2D eigenvalue weighted by molar-refractivity contribution is 0.565. The Bertz CT molecular complexity index is 554. The molecule has 3 heterocycles. The number of piperidine rings is 1. The Morgan fingerprint density at radius 2 is 2.05 bits per heavy atom. The molecule has 0 saturated carbocycles. The Labute approximate surface area is 125 Å². The van der Waals surface area contributed by atoms with E-state index in [1.165, 1.54) is 42.6 Å². The standard InChI is InChI=1S/C11H15N7S2/c1-12-8-15-9(18-5-3-2-4-6-18)17-10(16-8)19-11-13-7-14-20-11/h7H,2-6H2,1H3,(H,12,15,16,17). The fourth-order valence-electron chi connectivity index (χ4n) is 2.02. The smallest absolute Gasteiger partial charge is 0.231 e. The van der Waals surface area contributed by atoms with Gasteiger partial charge in [-0.25, -0.2) is 4.98 Å². The Hall–Kier alpha value is -1.48. The topological polar surface area (TPSA) is 79.7 Å². The van der Waals surface area contributed by atoms with Crippen molar-refractivity contribution < 1.29 is 0 Å². The first-order valence-electron chi connectivity index (χ1n) is 6.48. The summed E-state index contributed by atoms with van der Waals surface area (Å²) in [5.74, 6) is 1.34. The van der Waals surface area contributed by atoms with Crippen LogP contribution in [0, 0.1) is 0 Å². The summed E-state index contributed by atoms with van der Waals surface area (Å²) in [4.78, 5) is 19.7. The summed E-state index contributed by atoms with van der Waals surface area (Å²) in [6.07, 6.45) is 5.21. The van der Waals surface area contributed by atoms with E-state index >= 15 is 0 Å². The average Bonchev–Trinajstić information content (AvgIpc) is 3.00. The second kappa shape index (κ2) is 6.31. The Morgan fingerprint density at radius 1 is 1.20 bits per heavy atom. The zero-order chi connectivity index (χ0) is 13.8. The van der Waals surface area contributed by atoms with Crippen LogP contribution in [0.25, 0.3) is 0 Å². The number of hydrogen-bond donors (Lipinski definition) is 1. The maximum Gasteiger partial charge on any atom is 0.231 e. The van der Waals surface area contributed by atoms with Crippen LogP contribution in [-0.2, 0) is 0 Å². The molecular weight excluding hydrogens is 294 g/mol. The number of nitrogens with one attached hydrogen (secondary N) is 1. The molecule has 0 radical (unpaired) electrons. The molecular formula is C11H15N7S2. The molecule has 0 bridgehead atoms. The van der Waals surface area contributed by atoms with E-state index in [1.807, 2.05) is 7.05 Å². The summed E-state index contributed by atoms with van der Waals surface area (Å²) in [5.41, 5.74) is 0. The molecule has 2 aromatic heterocycles. The van der Waals surface area contributed by atoms with Crippen LogP contribution < -0.4 is 10.2 Å². The normalized spacial score (nSPS) is 15.3. The number of rotatable bonds is 4. The molecule has 7 nitrogen and oxygen atoms in total. The molecule has 0 amide bonds. The van der Waals surface area contributed by atoms with Crippen LogP contribution in [0.15, 0.2) is 15.8 Å². The minimum atomic E-state index is 0.590. The lowest BCUT2D eigenvalue weighted by atomic mass is 10.1. The van der Waals surface area contributed by atoms with Crippen molar-refractivity contribution in [3.63, 3.8) is 0 Å². The second-order valence-corrected chi connectivity index (χ2v) is 6.34. The van der Waals surface area contributed by atoms with Gasteiger partial charge in [-0.1, -0.05) is 0 Å². The molecule has 106 valence electrons. The van der Waals surface area contributed by atoms with Crippen LogP contribution in [0.4, 0.5) is 11.9 Å². The van der Waals surface area contributed by atoms with Crippen molar-refractivity contribution >= 4 is 35.2 Å². The largest absolute Gasteiger partial charge is 0.357 e. The quantitative estimate of drug-likeness (QED) is 0.917. The Balaban J connectivity index is 1.85. The van der Waals surface area contributed by atoms with Gasteiger partial charge >= 0.3 is 0 Å². The molecule has 9 heteroatoms. The highest BCUT2D eigenvalue weighted by Gasteiger charge is 2.16. The van der Waals surface area contributed by atoms with Crippen molar-refractivity contribution in [1.29, 1.82) is 0 Å². The Morgan fingerprint density at radius 3 is 2.75 bits per heavy atom. The van der Waals surface area contributed by atoms with E-state index < -0.39 is 0 Å². The van der Waals surface area contributed by atoms with Crippen LogP contribution in [-0.4, -0.2) is 44.4 Å². The lowest BCUT2D eigenvalue weighted by Gasteiger charge is -2.26. The number of anilines is 2. The molecule has 0 atom stereocenters. The molecule has 0 spiro atoms. The molecule has 1 fully saturated rings. The van der Waals surface area contributed by atoms with E-state index in [4.69, 9.17) is 0 Å². The second-order valence-electron chi connectivity index (χ2n) is 4.35. The van der Waals surface area contributed by atoms with Crippen molar-refractivity contribution in [2.45, 2.75) is 28.8 Å². The van der Waals surface area contributed by atoms with Crippen LogP contribution in [0.5, 0.6) is 0 Å². The molecule has 0 unspecified atom stereocenters. The molecule has 1 saturated heterocycles. The zero-order valence-electron chi connectivity index (χ0n) is 11.1. The van der Waals surface area contributed by atoms with Crippen molar-refractivity contribution in [3.05, 3.63) is 6.33 Å². The van der Waals surface area contributed by atoms with E-state index in [1.54, 1.807) is 6.33 Å². The van der Waals surface area contributed by atoms with Crippen LogP contribution in [0.3, 0.4) is 0 Å². The molecule has 20 heavy (non-hydrogen) atoms. The highest BCUT2D eigenvalue weighted by Crippen LogP contribution is 2.27. The molecule has 0 aromatic carbocycles. The maximum absolute atomic E-state index is 4.55. The van der Waals surface area contributed by atoms with E-state index in [0.29, 0.717) is 11.1 Å². The van der Waals surface area contributed by atoms with Crippen molar-refractivity contribution in [3.8, 4) is 0 Å². The number of aromatic nitrogens is 5. The van der Waals surface area contributed by atoms with Gasteiger partial charge in [0.25, 0.3) is 0 Å². The van der Waals surface area contributed by atoms with Gasteiger partial charge in [0.2, 0.25) is 17.1 Å². The third kappa shape index (κ3) is 3.15. The van der Waals surface area contributed by atoms with E-state index in [-0.39, 0.29) is 0 Å². The lowest BCUT2D eigenvalue weighted by Crippen LogP contribution is -2.31. The average molecular weight is 309 g/mol. The monoisotopic (exact) mass is 309 g/mol. The van der Waals surface area contributed by atoms with Crippen molar-refractivity contribution in [2.75, 3.05) is 30.4 Å². The third-order valence-corrected chi connectivity index (χ3v) is 4.57. The maximum atomic E-state index is 4.55. The van der Waals surface area contributed by atoms with Gasteiger partial charge in [0.1, 0.15) is 6.33 Å². The first kappa shape index (κ1) is 13.5. The summed E-state index contributed by atoms with van der Waals surface area (Å²) in [6.45, 7) is 2.02. The summed E-state index contributed by atoms with van der Waals surface area (Å²) in [5, 5.41) is 3.65. The van der Waals surface area contributed by atoms with E-state index in [9.17, 15) is 0 Å². The number of nitrogens with zero attached hydrogens (tertiary/aromatic N) is 6. The Kier molecular flexibility index (Phi) is 4.26. The minimum absolute atomic E-state index is 0.590. The molecule has 2 aromatic rings. The minimum Gasteiger partial charge on any atom is -0.357 e. The molecule has 1 aliphatic rings. The summed E-state index contributed by atoms with van der Waals surface area (Å²) < 4.78 is 4.82. The van der Waals surface area contributed by atoms with Crippen LogP contribution in [0.2, 0.25) is 0 Å². The first-order chi connectivity index (χ1) is 9.85. The highest BCUT2D eigenvalue weighted by molar-refractivity contribution is 8.00. The van der Waals surface area contributed by atoms with E-state index in [2.05, 4.69) is 34.5 Å². The molecule has 0 aliphatic carbocycles. The number of hydrogen-bond acceptors (Lipinski definition) is 9. The van der Waals surface area contributed by atoms with Gasteiger partial charge in [-0.15, -0.1) is 0 Å². The third-order valence-electron chi connectivity index (χ3n) is 2.99. The highest BCUT2D eigenvalue weighted by atomic mass is 32.2. The zero-order valence-corrected chi connectivity index (χ0v) is 12.7. The van der Waals surface area contributed by atoms with Gasteiger partial charge in [0, 0.05) is 20.1 Å².